The molecule has 26 heavy (non-hydrogen) atoms. The summed E-state index contributed by atoms with van der Waals surface area (Å²) in [6, 6.07) is 4.41. The lowest BCUT2D eigenvalue weighted by Crippen LogP contribution is -2.51. The summed E-state index contributed by atoms with van der Waals surface area (Å²) in [6.45, 7) is 4.63. The Kier molecular flexibility index (Phi) is 6.89. The van der Waals surface area contributed by atoms with Crippen LogP contribution in [0.15, 0.2) is 18.2 Å². The third kappa shape index (κ3) is 4.90. The zero-order chi connectivity index (χ0) is 19.3. The van der Waals surface area contributed by atoms with Crippen LogP contribution in [-0.2, 0) is 4.79 Å². The highest BCUT2D eigenvalue weighted by atomic mass is 16.5. The van der Waals surface area contributed by atoms with Gasteiger partial charge >= 0.3 is 0 Å². The molecule has 0 aliphatic heterocycles. The average molecular weight is 362 g/mol. The molecular weight excluding hydrogens is 332 g/mol. The predicted molar refractivity (Wildman–Crippen MR) is 101 cm³/mol. The van der Waals surface area contributed by atoms with Gasteiger partial charge in [-0.25, -0.2) is 0 Å². The summed E-state index contributed by atoms with van der Waals surface area (Å²) >= 11 is 0. The first-order valence-electron chi connectivity index (χ1n) is 9.14. The number of nitrogens with zero attached hydrogens (tertiary/aromatic N) is 1. The molecule has 1 aromatic carbocycles. The van der Waals surface area contributed by atoms with Crippen LogP contribution in [0.2, 0.25) is 0 Å². The predicted octanol–water partition coefficient (Wildman–Crippen LogP) is 2.72. The lowest BCUT2D eigenvalue weighted by molar-refractivity contribution is -0.133. The van der Waals surface area contributed by atoms with Gasteiger partial charge in [0.1, 0.15) is 17.5 Å². The number of carbonyl (C=O) groups excluding carboxylic acids is 2. The van der Waals surface area contributed by atoms with Crippen molar-refractivity contribution in [1.29, 1.82) is 0 Å². The van der Waals surface area contributed by atoms with Gasteiger partial charge in [0, 0.05) is 25.2 Å². The van der Waals surface area contributed by atoms with E-state index in [4.69, 9.17) is 9.47 Å². The number of amides is 2. The molecular formula is C20H30N2O4. The summed E-state index contributed by atoms with van der Waals surface area (Å²) in [5.74, 6) is 1.28. The normalized spacial score (nSPS) is 15.2. The number of nitrogens with one attached hydrogen (secondary N) is 1. The molecule has 144 valence electrons. The van der Waals surface area contributed by atoms with Crippen LogP contribution in [0.4, 0.5) is 0 Å². The summed E-state index contributed by atoms with van der Waals surface area (Å²) in [6.07, 6.45) is 3.61. The molecule has 1 saturated carbocycles. The van der Waals surface area contributed by atoms with Crippen LogP contribution in [0.25, 0.3) is 0 Å². The second kappa shape index (κ2) is 8.92. The Balaban J connectivity index is 2.10. The zero-order valence-corrected chi connectivity index (χ0v) is 16.4. The van der Waals surface area contributed by atoms with Crippen molar-refractivity contribution in [1.82, 2.24) is 10.2 Å². The van der Waals surface area contributed by atoms with Crippen LogP contribution < -0.4 is 14.8 Å². The maximum atomic E-state index is 12.8. The Bertz CT molecular complexity index is 618. The SMILES string of the molecule is COc1cc(OC)cc(C(=O)NC(C(=O)N(C)CC2CCC2)C(C)C)c1. The van der Waals surface area contributed by atoms with Gasteiger partial charge in [-0.3, -0.25) is 9.59 Å². The van der Waals surface area contributed by atoms with Gasteiger partial charge in [0.2, 0.25) is 5.91 Å². The smallest absolute Gasteiger partial charge is 0.252 e. The van der Waals surface area contributed by atoms with E-state index in [1.807, 2.05) is 20.9 Å². The number of hydrogen-bond acceptors (Lipinski definition) is 4. The van der Waals surface area contributed by atoms with Crippen LogP contribution in [0, 0.1) is 11.8 Å². The lowest BCUT2D eigenvalue weighted by atomic mass is 9.85. The van der Waals surface area contributed by atoms with Crippen molar-refractivity contribution in [3.8, 4) is 11.5 Å². The Morgan fingerprint density at radius 2 is 1.73 bits per heavy atom. The van der Waals surface area contributed by atoms with Crippen molar-refractivity contribution in [2.45, 2.75) is 39.2 Å². The minimum absolute atomic E-state index is 0.0113. The third-order valence-corrected chi connectivity index (χ3v) is 4.97. The Morgan fingerprint density at radius 3 is 2.15 bits per heavy atom. The van der Waals surface area contributed by atoms with Gasteiger partial charge in [-0.05, 0) is 36.8 Å². The molecule has 1 fully saturated rings. The molecule has 0 bridgehead atoms. The quantitative estimate of drug-likeness (QED) is 0.772. The number of ether oxygens (including phenoxy) is 2. The maximum Gasteiger partial charge on any atom is 0.252 e. The van der Waals surface area contributed by atoms with Gasteiger partial charge in [0.15, 0.2) is 0 Å². The van der Waals surface area contributed by atoms with Crippen molar-refractivity contribution in [2.75, 3.05) is 27.8 Å². The van der Waals surface area contributed by atoms with E-state index in [2.05, 4.69) is 5.32 Å². The summed E-state index contributed by atoms with van der Waals surface area (Å²) in [4.78, 5) is 27.3. The minimum atomic E-state index is -0.565. The first kappa shape index (κ1) is 20.1. The van der Waals surface area contributed by atoms with Gasteiger partial charge in [-0.1, -0.05) is 20.3 Å². The molecule has 6 heteroatoms. The molecule has 0 radical (unpaired) electrons. The molecule has 1 aromatic rings. The summed E-state index contributed by atoms with van der Waals surface area (Å²) < 4.78 is 10.4. The fourth-order valence-electron chi connectivity index (χ4n) is 3.07. The zero-order valence-electron chi connectivity index (χ0n) is 16.4. The Morgan fingerprint density at radius 1 is 1.15 bits per heavy atom. The molecule has 1 unspecified atom stereocenters. The highest BCUT2D eigenvalue weighted by molar-refractivity contribution is 5.98. The molecule has 2 amide bonds. The van der Waals surface area contributed by atoms with Gasteiger partial charge in [0.05, 0.1) is 14.2 Å². The minimum Gasteiger partial charge on any atom is -0.497 e. The van der Waals surface area contributed by atoms with E-state index in [0.29, 0.717) is 23.0 Å². The molecule has 1 N–H and O–H groups in total. The van der Waals surface area contributed by atoms with E-state index in [9.17, 15) is 9.59 Å². The molecule has 1 aliphatic rings. The van der Waals surface area contributed by atoms with Crippen molar-refractivity contribution < 1.29 is 19.1 Å². The lowest BCUT2D eigenvalue weighted by Gasteiger charge is -2.33. The number of hydrogen-bond donors (Lipinski definition) is 1. The first-order chi connectivity index (χ1) is 12.3. The molecule has 0 saturated heterocycles. The summed E-state index contributed by atoms with van der Waals surface area (Å²) in [7, 11) is 4.88. The highest BCUT2D eigenvalue weighted by Crippen LogP contribution is 2.27. The molecule has 0 aromatic heterocycles. The van der Waals surface area contributed by atoms with Crippen molar-refractivity contribution >= 4 is 11.8 Å². The van der Waals surface area contributed by atoms with Crippen molar-refractivity contribution in [3.05, 3.63) is 23.8 Å². The largest absolute Gasteiger partial charge is 0.497 e. The monoisotopic (exact) mass is 362 g/mol. The van der Waals surface area contributed by atoms with Gasteiger partial charge in [-0.15, -0.1) is 0 Å². The molecule has 6 nitrogen and oxygen atoms in total. The van der Waals surface area contributed by atoms with Gasteiger partial charge in [-0.2, -0.15) is 0 Å². The number of methoxy groups -OCH3 is 2. The molecule has 0 spiro atoms. The van der Waals surface area contributed by atoms with Crippen molar-refractivity contribution in [2.24, 2.45) is 11.8 Å². The van der Waals surface area contributed by atoms with E-state index in [0.717, 1.165) is 6.54 Å². The summed E-state index contributed by atoms with van der Waals surface area (Å²) in [5.41, 5.74) is 0.404. The molecule has 1 atom stereocenters. The first-order valence-corrected chi connectivity index (χ1v) is 9.14. The number of carbonyl (C=O) groups is 2. The highest BCUT2D eigenvalue weighted by Gasteiger charge is 2.29. The second-order valence-corrected chi connectivity index (χ2v) is 7.31. The Hall–Kier alpha value is -2.24. The topological polar surface area (TPSA) is 67.9 Å². The van der Waals surface area contributed by atoms with E-state index in [1.165, 1.54) is 33.5 Å². The number of rotatable bonds is 8. The van der Waals surface area contributed by atoms with E-state index >= 15 is 0 Å². The average Bonchev–Trinajstić information content (AvgIpc) is 2.60. The Labute approximate surface area is 155 Å². The standard InChI is InChI=1S/C20H30N2O4/c1-13(2)18(20(24)22(3)12-14-7-6-8-14)21-19(23)15-9-16(25-4)11-17(10-15)26-5/h9-11,13-14,18H,6-8,12H2,1-5H3,(H,21,23). The van der Waals surface area contributed by atoms with E-state index < -0.39 is 6.04 Å². The summed E-state index contributed by atoms with van der Waals surface area (Å²) in [5, 5.41) is 2.88. The van der Waals surface area contributed by atoms with Gasteiger partial charge in [0.25, 0.3) is 5.91 Å². The van der Waals surface area contributed by atoms with E-state index in [1.54, 1.807) is 23.1 Å². The fourth-order valence-corrected chi connectivity index (χ4v) is 3.07. The van der Waals surface area contributed by atoms with Crippen LogP contribution in [0.5, 0.6) is 11.5 Å². The van der Waals surface area contributed by atoms with Gasteiger partial charge < -0.3 is 19.7 Å². The maximum absolute atomic E-state index is 12.8. The third-order valence-electron chi connectivity index (χ3n) is 4.97. The molecule has 0 heterocycles. The van der Waals surface area contributed by atoms with Crippen LogP contribution in [0.3, 0.4) is 0 Å². The second-order valence-electron chi connectivity index (χ2n) is 7.31. The fraction of sp³-hybridized carbons (Fsp3) is 0.600. The number of benzene rings is 1. The molecule has 2 rings (SSSR count). The van der Waals surface area contributed by atoms with Crippen LogP contribution in [0.1, 0.15) is 43.5 Å². The van der Waals surface area contributed by atoms with Crippen molar-refractivity contribution in [3.63, 3.8) is 0 Å². The van der Waals surface area contributed by atoms with E-state index in [-0.39, 0.29) is 17.7 Å². The molecule has 1 aliphatic carbocycles. The number of likely N-dealkylation sites (N-methyl/N-ethyl adjacent to an activating group) is 1. The van der Waals surface area contributed by atoms with Crippen LogP contribution >= 0.6 is 0 Å². The van der Waals surface area contributed by atoms with Crippen LogP contribution in [-0.4, -0.2) is 50.6 Å².